The molecule has 9 nitrogen and oxygen atoms in total. The van der Waals surface area contributed by atoms with Crippen LogP contribution in [0.15, 0.2) is 47.1 Å². The van der Waals surface area contributed by atoms with Crippen molar-refractivity contribution in [2.24, 2.45) is 0 Å². The van der Waals surface area contributed by atoms with Crippen molar-refractivity contribution >= 4 is 11.6 Å². The summed E-state index contributed by atoms with van der Waals surface area (Å²) in [7, 11) is 1.58. The number of rotatable bonds is 6. The first-order valence-corrected chi connectivity index (χ1v) is 9.15. The van der Waals surface area contributed by atoms with E-state index in [4.69, 9.17) is 9.26 Å². The fraction of sp³-hybridized carbons (Fsp3) is 0.250. The third kappa shape index (κ3) is 3.79. The number of methoxy groups -OCH3 is 1. The standard InChI is InChI=1S/C20H20N6O3/c1-12(2)18-22-20(29-25-18)14-8-9-26-16(10-14)23-24-17(26)11-21-19(27)13-4-6-15(28-3)7-5-13/h4-10,12H,11H2,1-3H3,(H,21,27). The molecule has 0 fully saturated rings. The highest BCUT2D eigenvalue weighted by atomic mass is 16.5. The van der Waals surface area contributed by atoms with Gasteiger partial charge in [-0.15, -0.1) is 10.2 Å². The van der Waals surface area contributed by atoms with Gasteiger partial charge < -0.3 is 14.6 Å². The quantitative estimate of drug-likeness (QED) is 0.537. The van der Waals surface area contributed by atoms with Crippen LogP contribution in [-0.2, 0) is 6.54 Å². The molecule has 29 heavy (non-hydrogen) atoms. The van der Waals surface area contributed by atoms with Crippen LogP contribution in [0.1, 0.15) is 41.8 Å². The van der Waals surface area contributed by atoms with Gasteiger partial charge in [-0.1, -0.05) is 19.0 Å². The zero-order valence-corrected chi connectivity index (χ0v) is 16.3. The van der Waals surface area contributed by atoms with E-state index in [1.54, 1.807) is 35.8 Å². The molecule has 0 atom stereocenters. The normalized spacial score (nSPS) is 11.2. The van der Waals surface area contributed by atoms with Crippen molar-refractivity contribution in [3.63, 3.8) is 0 Å². The summed E-state index contributed by atoms with van der Waals surface area (Å²) in [5.74, 6) is 2.39. The van der Waals surface area contributed by atoms with Gasteiger partial charge in [-0.2, -0.15) is 4.98 Å². The van der Waals surface area contributed by atoms with Crippen molar-refractivity contribution in [2.75, 3.05) is 7.11 Å². The number of aromatic nitrogens is 5. The zero-order valence-electron chi connectivity index (χ0n) is 16.3. The lowest BCUT2D eigenvalue weighted by atomic mass is 10.2. The van der Waals surface area contributed by atoms with E-state index in [1.807, 2.05) is 32.2 Å². The molecule has 3 heterocycles. The maximum Gasteiger partial charge on any atom is 0.258 e. The number of ether oxygens (including phenoxy) is 1. The van der Waals surface area contributed by atoms with Crippen LogP contribution in [0.2, 0.25) is 0 Å². The number of amides is 1. The minimum atomic E-state index is -0.201. The van der Waals surface area contributed by atoms with Gasteiger partial charge in [0.05, 0.1) is 13.7 Å². The fourth-order valence-electron chi connectivity index (χ4n) is 2.78. The maximum absolute atomic E-state index is 12.3. The lowest BCUT2D eigenvalue weighted by molar-refractivity contribution is 0.0949. The summed E-state index contributed by atoms with van der Waals surface area (Å²) in [6, 6.07) is 10.6. The lowest BCUT2D eigenvalue weighted by Gasteiger charge is -2.05. The molecule has 0 aliphatic carbocycles. The van der Waals surface area contributed by atoms with E-state index >= 15 is 0 Å². The van der Waals surface area contributed by atoms with E-state index in [1.165, 1.54) is 0 Å². The minimum Gasteiger partial charge on any atom is -0.497 e. The van der Waals surface area contributed by atoms with Crippen molar-refractivity contribution < 1.29 is 14.1 Å². The van der Waals surface area contributed by atoms with Crippen LogP contribution < -0.4 is 10.1 Å². The van der Waals surface area contributed by atoms with Gasteiger partial charge in [0.25, 0.3) is 11.8 Å². The third-order valence-corrected chi connectivity index (χ3v) is 4.44. The molecule has 0 saturated heterocycles. The average molecular weight is 392 g/mol. The van der Waals surface area contributed by atoms with Crippen LogP contribution in [-0.4, -0.2) is 37.8 Å². The number of carbonyl (C=O) groups is 1. The van der Waals surface area contributed by atoms with Crippen LogP contribution in [0.5, 0.6) is 5.75 Å². The Labute approximate surface area is 166 Å². The highest BCUT2D eigenvalue weighted by molar-refractivity contribution is 5.94. The van der Waals surface area contributed by atoms with Crippen molar-refractivity contribution in [1.29, 1.82) is 0 Å². The maximum atomic E-state index is 12.3. The molecule has 1 amide bonds. The summed E-state index contributed by atoms with van der Waals surface area (Å²) in [5.41, 5.74) is 1.93. The topological polar surface area (TPSA) is 107 Å². The van der Waals surface area contributed by atoms with E-state index in [0.717, 1.165) is 5.56 Å². The van der Waals surface area contributed by atoms with Gasteiger partial charge in [-0.25, -0.2) is 0 Å². The molecule has 0 unspecified atom stereocenters. The Morgan fingerprint density at radius 2 is 2.00 bits per heavy atom. The number of hydrogen-bond acceptors (Lipinski definition) is 7. The van der Waals surface area contributed by atoms with Gasteiger partial charge in [-0.3, -0.25) is 9.20 Å². The Balaban J connectivity index is 1.49. The van der Waals surface area contributed by atoms with Crippen molar-refractivity contribution in [3.05, 3.63) is 59.8 Å². The smallest absolute Gasteiger partial charge is 0.258 e. The number of fused-ring (bicyclic) bond motifs is 1. The van der Waals surface area contributed by atoms with Crippen LogP contribution in [0.3, 0.4) is 0 Å². The van der Waals surface area contributed by atoms with Gasteiger partial charge in [0.15, 0.2) is 17.3 Å². The van der Waals surface area contributed by atoms with Crippen molar-refractivity contribution in [3.8, 4) is 17.2 Å². The van der Waals surface area contributed by atoms with Crippen molar-refractivity contribution in [2.45, 2.75) is 26.3 Å². The SMILES string of the molecule is COc1ccc(C(=O)NCc2nnc3cc(-c4nc(C(C)C)no4)ccn23)cc1. The molecule has 148 valence electrons. The second-order valence-corrected chi connectivity index (χ2v) is 6.78. The number of benzene rings is 1. The lowest BCUT2D eigenvalue weighted by Crippen LogP contribution is -2.23. The Morgan fingerprint density at radius 3 is 2.69 bits per heavy atom. The summed E-state index contributed by atoms with van der Waals surface area (Å²) >= 11 is 0. The molecule has 0 aliphatic rings. The second kappa shape index (κ2) is 7.70. The van der Waals surface area contributed by atoms with E-state index < -0.39 is 0 Å². The Hall–Kier alpha value is -3.75. The zero-order chi connectivity index (χ0) is 20.4. The number of nitrogens with zero attached hydrogens (tertiary/aromatic N) is 5. The second-order valence-electron chi connectivity index (χ2n) is 6.78. The first-order chi connectivity index (χ1) is 14.0. The highest BCUT2D eigenvalue weighted by Gasteiger charge is 2.14. The molecule has 4 rings (SSSR count). The molecule has 0 spiro atoms. The first kappa shape index (κ1) is 18.6. The molecule has 1 aromatic carbocycles. The molecule has 0 aliphatic heterocycles. The summed E-state index contributed by atoms with van der Waals surface area (Å²) < 4.78 is 12.2. The van der Waals surface area contributed by atoms with Crippen LogP contribution in [0, 0.1) is 0 Å². The Kier molecular flexibility index (Phi) is 4.94. The number of nitrogens with one attached hydrogen (secondary N) is 1. The summed E-state index contributed by atoms with van der Waals surface area (Å²) in [5, 5.41) is 15.2. The number of hydrogen-bond donors (Lipinski definition) is 1. The van der Waals surface area contributed by atoms with Gasteiger partial charge in [-0.05, 0) is 36.4 Å². The monoisotopic (exact) mass is 392 g/mol. The summed E-state index contributed by atoms with van der Waals surface area (Å²) in [4.78, 5) is 16.7. The molecule has 1 N–H and O–H groups in total. The molecular formula is C20H20N6O3. The van der Waals surface area contributed by atoms with E-state index in [9.17, 15) is 4.79 Å². The van der Waals surface area contributed by atoms with Crippen LogP contribution >= 0.6 is 0 Å². The largest absolute Gasteiger partial charge is 0.497 e. The Morgan fingerprint density at radius 1 is 1.21 bits per heavy atom. The molecule has 0 radical (unpaired) electrons. The molecule has 9 heteroatoms. The molecule has 0 saturated carbocycles. The minimum absolute atomic E-state index is 0.185. The van der Waals surface area contributed by atoms with Crippen LogP contribution in [0.25, 0.3) is 17.1 Å². The average Bonchev–Trinajstić information content (AvgIpc) is 3.39. The number of pyridine rings is 1. The van der Waals surface area contributed by atoms with Gasteiger partial charge >= 0.3 is 0 Å². The molecular weight excluding hydrogens is 372 g/mol. The fourth-order valence-corrected chi connectivity index (χ4v) is 2.78. The predicted octanol–water partition coefficient (Wildman–Crippen LogP) is 2.84. The van der Waals surface area contributed by atoms with E-state index in [2.05, 4.69) is 25.7 Å². The van der Waals surface area contributed by atoms with E-state index in [0.29, 0.717) is 34.5 Å². The summed E-state index contributed by atoms with van der Waals surface area (Å²) in [6.45, 7) is 4.25. The summed E-state index contributed by atoms with van der Waals surface area (Å²) in [6.07, 6.45) is 1.82. The molecule has 4 aromatic rings. The first-order valence-electron chi connectivity index (χ1n) is 9.15. The van der Waals surface area contributed by atoms with Crippen molar-refractivity contribution in [1.82, 2.24) is 30.1 Å². The highest BCUT2D eigenvalue weighted by Crippen LogP contribution is 2.21. The molecule has 3 aromatic heterocycles. The van der Waals surface area contributed by atoms with Gasteiger partial charge in [0.1, 0.15) is 5.75 Å². The Bertz CT molecular complexity index is 1150. The van der Waals surface area contributed by atoms with Crippen LogP contribution in [0.4, 0.5) is 0 Å². The van der Waals surface area contributed by atoms with E-state index in [-0.39, 0.29) is 18.4 Å². The predicted molar refractivity (Wildman–Crippen MR) is 105 cm³/mol. The van der Waals surface area contributed by atoms with Gasteiger partial charge in [0.2, 0.25) is 0 Å². The van der Waals surface area contributed by atoms with Gasteiger partial charge in [0, 0.05) is 23.2 Å². The number of carbonyl (C=O) groups excluding carboxylic acids is 1. The molecule has 0 bridgehead atoms. The third-order valence-electron chi connectivity index (χ3n) is 4.44.